The third-order valence-electron chi connectivity index (χ3n) is 3.41. The zero-order valence-electron chi connectivity index (χ0n) is 13.0. The number of esters is 1. The fraction of sp³-hybridized carbons (Fsp3) is 0.467. The van der Waals surface area contributed by atoms with Crippen molar-refractivity contribution in [2.75, 3.05) is 6.61 Å². The van der Waals surface area contributed by atoms with Gasteiger partial charge in [0.15, 0.2) is 11.4 Å². The standard InChI is InChI=1S/C15H17BrCl2N2O3/c1-4-23-15(22)10-12(21)8-9(17)14(18)20(6-5-7(2)3)11(8)13(16)19-10/h7,21H,4-6H2,1-3H3. The van der Waals surface area contributed by atoms with Crippen LogP contribution in [0, 0.1) is 5.92 Å². The van der Waals surface area contributed by atoms with E-state index in [1.165, 1.54) is 0 Å². The Morgan fingerprint density at radius 2 is 2.09 bits per heavy atom. The van der Waals surface area contributed by atoms with E-state index in [1.807, 2.05) is 0 Å². The molecule has 0 radical (unpaired) electrons. The molecule has 8 heteroatoms. The van der Waals surface area contributed by atoms with Crippen molar-refractivity contribution in [2.45, 2.75) is 33.7 Å². The second-order valence-electron chi connectivity index (χ2n) is 5.48. The number of aromatic nitrogens is 2. The lowest BCUT2D eigenvalue weighted by atomic mass is 10.1. The molecule has 2 heterocycles. The van der Waals surface area contributed by atoms with Crippen molar-refractivity contribution in [3.05, 3.63) is 20.5 Å². The van der Waals surface area contributed by atoms with Crippen LogP contribution in [0.25, 0.3) is 10.9 Å². The molecule has 0 aliphatic heterocycles. The van der Waals surface area contributed by atoms with E-state index in [1.54, 1.807) is 11.5 Å². The minimum Gasteiger partial charge on any atom is -0.505 e. The third-order valence-corrected chi connectivity index (χ3v) is 4.82. The van der Waals surface area contributed by atoms with Gasteiger partial charge in [0.25, 0.3) is 0 Å². The topological polar surface area (TPSA) is 64.3 Å². The predicted molar refractivity (Wildman–Crippen MR) is 94.5 cm³/mol. The normalized spacial score (nSPS) is 11.4. The molecule has 2 rings (SSSR count). The number of nitrogens with zero attached hydrogens (tertiary/aromatic N) is 2. The van der Waals surface area contributed by atoms with Gasteiger partial charge < -0.3 is 14.4 Å². The van der Waals surface area contributed by atoms with Gasteiger partial charge in [-0.3, -0.25) is 0 Å². The Kier molecular flexibility index (Phi) is 5.81. The van der Waals surface area contributed by atoms with Crippen LogP contribution in [0.4, 0.5) is 0 Å². The maximum absolute atomic E-state index is 11.9. The van der Waals surface area contributed by atoms with Gasteiger partial charge in [-0.25, -0.2) is 9.78 Å². The fourth-order valence-electron chi connectivity index (χ4n) is 2.25. The number of fused-ring (bicyclic) bond motifs is 1. The number of rotatable bonds is 5. The van der Waals surface area contributed by atoms with Crippen molar-refractivity contribution in [3.63, 3.8) is 0 Å². The Morgan fingerprint density at radius 3 is 2.65 bits per heavy atom. The van der Waals surface area contributed by atoms with Crippen molar-refractivity contribution in [3.8, 4) is 5.75 Å². The van der Waals surface area contributed by atoms with E-state index in [2.05, 4.69) is 34.8 Å². The molecule has 1 N–H and O–H groups in total. The lowest BCUT2D eigenvalue weighted by Gasteiger charge is -2.11. The zero-order chi connectivity index (χ0) is 17.3. The molecule has 0 amide bonds. The van der Waals surface area contributed by atoms with Crippen LogP contribution < -0.4 is 0 Å². The van der Waals surface area contributed by atoms with Crippen molar-refractivity contribution >= 4 is 56.0 Å². The maximum atomic E-state index is 11.9. The summed E-state index contributed by atoms with van der Waals surface area (Å²) in [7, 11) is 0. The number of aryl methyl sites for hydroxylation is 1. The summed E-state index contributed by atoms with van der Waals surface area (Å²) in [5.74, 6) is -0.562. The highest BCUT2D eigenvalue weighted by atomic mass is 79.9. The van der Waals surface area contributed by atoms with Crippen molar-refractivity contribution in [2.24, 2.45) is 5.92 Å². The highest BCUT2D eigenvalue weighted by molar-refractivity contribution is 9.10. The van der Waals surface area contributed by atoms with Crippen LogP contribution in [-0.2, 0) is 11.3 Å². The smallest absolute Gasteiger partial charge is 0.360 e. The Morgan fingerprint density at radius 1 is 1.43 bits per heavy atom. The SMILES string of the molecule is CCOC(=O)c1nc(Br)c2c(c1O)c(Cl)c(Cl)n2CCC(C)C. The van der Waals surface area contributed by atoms with E-state index in [0.717, 1.165) is 6.42 Å². The average molecular weight is 424 g/mol. The lowest BCUT2D eigenvalue weighted by molar-refractivity contribution is 0.0516. The Labute approximate surface area is 152 Å². The molecule has 2 aromatic rings. The van der Waals surface area contributed by atoms with Crippen molar-refractivity contribution < 1.29 is 14.6 Å². The van der Waals surface area contributed by atoms with E-state index in [-0.39, 0.29) is 23.1 Å². The number of halogens is 3. The van der Waals surface area contributed by atoms with E-state index < -0.39 is 5.97 Å². The molecule has 0 aliphatic rings. The van der Waals surface area contributed by atoms with Gasteiger partial charge in [-0.1, -0.05) is 37.0 Å². The molecule has 23 heavy (non-hydrogen) atoms. The molecular formula is C15H17BrCl2N2O3. The number of aromatic hydroxyl groups is 1. The summed E-state index contributed by atoms with van der Waals surface area (Å²) in [6.45, 7) is 6.68. The van der Waals surface area contributed by atoms with Crippen LogP contribution in [0.5, 0.6) is 5.75 Å². The zero-order valence-corrected chi connectivity index (χ0v) is 16.1. The predicted octanol–water partition coefficient (Wildman–Crippen LogP) is 5.03. The van der Waals surface area contributed by atoms with E-state index in [9.17, 15) is 9.90 Å². The molecule has 0 saturated carbocycles. The summed E-state index contributed by atoms with van der Waals surface area (Å²) < 4.78 is 7.07. The molecule has 126 valence electrons. The molecule has 0 unspecified atom stereocenters. The molecule has 0 atom stereocenters. The largest absolute Gasteiger partial charge is 0.505 e. The Bertz CT molecular complexity index is 759. The van der Waals surface area contributed by atoms with Crippen LogP contribution in [0.15, 0.2) is 4.60 Å². The second-order valence-corrected chi connectivity index (χ2v) is 6.97. The molecule has 0 bridgehead atoms. The van der Waals surface area contributed by atoms with Gasteiger partial charge in [-0.05, 0) is 35.2 Å². The van der Waals surface area contributed by atoms with Crippen LogP contribution in [0.1, 0.15) is 37.7 Å². The summed E-state index contributed by atoms with van der Waals surface area (Å²) in [4.78, 5) is 16.0. The summed E-state index contributed by atoms with van der Waals surface area (Å²) >= 11 is 15.9. The highest BCUT2D eigenvalue weighted by Gasteiger charge is 2.26. The number of hydrogen-bond donors (Lipinski definition) is 1. The van der Waals surface area contributed by atoms with Crippen LogP contribution in [0.3, 0.4) is 0 Å². The third kappa shape index (κ3) is 3.44. The highest BCUT2D eigenvalue weighted by Crippen LogP contribution is 2.43. The van der Waals surface area contributed by atoms with Crippen LogP contribution >= 0.6 is 39.1 Å². The number of ether oxygens (including phenoxy) is 1. The van der Waals surface area contributed by atoms with E-state index in [0.29, 0.717) is 33.1 Å². The molecule has 0 fully saturated rings. The first-order valence-corrected chi connectivity index (χ1v) is 8.77. The molecule has 0 spiro atoms. The number of carbonyl (C=O) groups excluding carboxylic acids is 1. The fourth-order valence-corrected chi connectivity index (χ4v) is 3.38. The minimum atomic E-state index is -0.713. The average Bonchev–Trinajstić information content (AvgIpc) is 2.74. The van der Waals surface area contributed by atoms with Gasteiger partial charge in [0.1, 0.15) is 9.76 Å². The number of hydrogen-bond acceptors (Lipinski definition) is 4. The van der Waals surface area contributed by atoms with Gasteiger partial charge in [-0.2, -0.15) is 0 Å². The molecule has 5 nitrogen and oxygen atoms in total. The van der Waals surface area contributed by atoms with E-state index >= 15 is 0 Å². The number of pyridine rings is 1. The van der Waals surface area contributed by atoms with Gasteiger partial charge >= 0.3 is 5.97 Å². The summed E-state index contributed by atoms with van der Waals surface area (Å²) in [6, 6.07) is 0. The molecule has 2 aromatic heterocycles. The monoisotopic (exact) mass is 422 g/mol. The first kappa shape index (κ1) is 18.4. The quantitative estimate of drug-likeness (QED) is 0.540. The van der Waals surface area contributed by atoms with E-state index in [4.69, 9.17) is 27.9 Å². The second kappa shape index (κ2) is 7.28. The first-order valence-electron chi connectivity index (χ1n) is 7.22. The van der Waals surface area contributed by atoms with Crippen LogP contribution in [-0.4, -0.2) is 27.2 Å². The first-order chi connectivity index (χ1) is 10.8. The van der Waals surface area contributed by atoms with Gasteiger partial charge in [0.05, 0.1) is 22.5 Å². The van der Waals surface area contributed by atoms with Gasteiger partial charge in [-0.15, -0.1) is 0 Å². The molecule has 0 aromatic carbocycles. The van der Waals surface area contributed by atoms with Gasteiger partial charge in [0, 0.05) is 6.54 Å². The molecule has 0 aliphatic carbocycles. The van der Waals surface area contributed by atoms with Crippen molar-refractivity contribution in [1.29, 1.82) is 0 Å². The van der Waals surface area contributed by atoms with Gasteiger partial charge in [0.2, 0.25) is 0 Å². The Balaban J connectivity index is 2.68. The minimum absolute atomic E-state index is 0.180. The molecular weight excluding hydrogens is 407 g/mol. The lowest BCUT2D eigenvalue weighted by Crippen LogP contribution is -2.09. The Hall–Kier alpha value is -0.980. The molecule has 0 saturated heterocycles. The summed E-state index contributed by atoms with van der Waals surface area (Å²) in [6.07, 6.45) is 0.882. The maximum Gasteiger partial charge on any atom is 0.360 e. The van der Waals surface area contributed by atoms with Crippen LogP contribution in [0.2, 0.25) is 10.2 Å². The number of carbonyl (C=O) groups is 1. The van der Waals surface area contributed by atoms with Crippen molar-refractivity contribution in [1.82, 2.24) is 9.55 Å². The summed E-state index contributed by atoms with van der Waals surface area (Å²) in [5, 5.41) is 11.2. The summed E-state index contributed by atoms with van der Waals surface area (Å²) in [5.41, 5.74) is 0.372.